The molecule has 0 fully saturated rings. The molecule has 0 amide bonds. The fourth-order valence-corrected chi connectivity index (χ4v) is 2.10. The Balaban J connectivity index is 2.44. The molecule has 1 N–H and O–H groups in total. The Hall–Kier alpha value is -2.36. The number of halogens is 1. The van der Waals surface area contributed by atoms with E-state index in [1.54, 1.807) is 18.0 Å². The van der Waals surface area contributed by atoms with Crippen molar-refractivity contribution in [1.29, 1.82) is 0 Å². The lowest BCUT2D eigenvalue weighted by Crippen LogP contribution is -2.15. The second-order valence-corrected chi connectivity index (χ2v) is 4.52. The van der Waals surface area contributed by atoms with Crippen molar-refractivity contribution in [2.75, 3.05) is 11.9 Å². The normalized spacial score (nSPS) is 10.3. The number of carbonyl (C=O) groups is 1. The van der Waals surface area contributed by atoms with E-state index >= 15 is 0 Å². The van der Waals surface area contributed by atoms with E-state index in [2.05, 4.69) is 6.92 Å². The van der Waals surface area contributed by atoms with Crippen LogP contribution < -0.4 is 4.90 Å². The highest BCUT2D eigenvalue weighted by Crippen LogP contribution is 2.28. The Morgan fingerprint density at radius 1 is 1.20 bits per heavy atom. The summed E-state index contributed by atoms with van der Waals surface area (Å²) in [6.07, 6.45) is 0.935. The van der Waals surface area contributed by atoms with Crippen molar-refractivity contribution in [1.82, 2.24) is 0 Å². The average Bonchev–Trinajstić information content (AvgIpc) is 2.46. The highest BCUT2D eigenvalue weighted by molar-refractivity contribution is 5.95. The molecular formula is C16H16FNO2. The molecule has 2 aromatic carbocycles. The topological polar surface area (TPSA) is 40.5 Å². The Morgan fingerprint density at radius 2 is 1.85 bits per heavy atom. The Morgan fingerprint density at radius 3 is 2.40 bits per heavy atom. The van der Waals surface area contributed by atoms with Crippen LogP contribution in [-0.4, -0.2) is 18.1 Å². The summed E-state index contributed by atoms with van der Waals surface area (Å²) in [5.74, 6) is -2.00. The standard InChI is InChI=1S/C16H16FNO2/c1-3-11-7-9-12(10-8-11)18(2)14-6-4-5-13(17)15(14)16(19)20/h4-10H,3H2,1-2H3,(H,19,20). The van der Waals surface area contributed by atoms with E-state index < -0.39 is 11.8 Å². The molecular weight excluding hydrogens is 257 g/mol. The second-order valence-electron chi connectivity index (χ2n) is 4.52. The van der Waals surface area contributed by atoms with Crippen molar-refractivity contribution in [3.8, 4) is 0 Å². The highest BCUT2D eigenvalue weighted by Gasteiger charge is 2.18. The third kappa shape index (κ3) is 2.64. The van der Waals surface area contributed by atoms with Crippen molar-refractivity contribution in [2.45, 2.75) is 13.3 Å². The minimum atomic E-state index is -1.27. The number of carboxylic acid groups (broad SMARTS) is 1. The molecule has 0 aliphatic rings. The predicted molar refractivity (Wildman–Crippen MR) is 77.2 cm³/mol. The van der Waals surface area contributed by atoms with Gasteiger partial charge < -0.3 is 10.0 Å². The largest absolute Gasteiger partial charge is 0.478 e. The van der Waals surface area contributed by atoms with Gasteiger partial charge in [-0.1, -0.05) is 25.1 Å². The predicted octanol–water partition coefficient (Wildman–Crippen LogP) is 3.85. The number of anilines is 2. The van der Waals surface area contributed by atoms with Gasteiger partial charge in [-0.2, -0.15) is 0 Å². The van der Waals surface area contributed by atoms with Crippen LogP contribution in [0.3, 0.4) is 0 Å². The van der Waals surface area contributed by atoms with E-state index in [1.165, 1.54) is 11.6 Å². The van der Waals surface area contributed by atoms with Crippen molar-refractivity contribution >= 4 is 17.3 Å². The lowest BCUT2D eigenvalue weighted by atomic mass is 10.1. The van der Waals surface area contributed by atoms with E-state index in [0.717, 1.165) is 18.2 Å². The van der Waals surface area contributed by atoms with Crippen molar-refractivity contribution in [3.05, 3.63) is 59.4 Å². The maximum Gasteiger partial charge on any atom is 0.340 e. The lowest BCUT2D eigenvalue weighted by Gasteiger charge is -2.21. The molecule has 0 aromatic heterocycles. The first kappa shape index (κ1) is 14.1. The second kappa shape index (κ2) is 5.74. The maximum absolute atomic E-state index is 13.7. The molecule has 3 nitrogen and oxygen atoms in total. The minimum Gasteiger partial charge on any atom is -0.478 e. The van der Waals surface area contributed by atoms with Crippen LogP contribution in [0.2, 0.25) is 0 Å². The number of carboxylic acids is 1. The molecule has 4 heteroatoms. The molecule has 0 unspecified atom stereocenters. The van der Waals surface area contributed by atoms with Crippen LogP contribution in [0.5, 0.6) is 0 Å². The summed E-state index contributed by atoms with van der Waals surface area (Å²) < 4.78 is 13.7. The fourth-order valence-electron chi connectivity index (χ4n) is 2.10. The van der Waals surface area contributed by atoms with Gasteiger partial charge in [0.1, 0.15) is 11.4 Å². The van der Waals surface area contributed by atoms with Gasteiger partial charge in [0.2, 0.25) is 0 Å². The summed E-state index contributed by atoms with van der Waals surface area (Å²) in [5.41, 5.74) is 2.03. The number of nitrogens with zero attached hydrogens (tertiary/aromatic N) is 1. The lowest BCUT2D eigenvalue weighted by molar-refractivity contribution is 0.0693. The van der Waals surface area contributed by atoms with Gasteiger partial charge in [-0.25, -0.2) is 9.18 Å². The number of benzene rings is 2. The summed E-state index contributed by atoms with van der Waals surface area (Å²) in [6, 6.07) is 12.0. The van der Waals surface area contributed by atoms with Gasteiger partial charge in [0.05, 0.1) is 5.69 Å². The van der Waals surface area contributed by atoms with E-state index in [-0.39, 0.29) is 5.56 Å². The first-order chi connectivity index (χ1) is 9.54. The van der Waals surface area contributed by atoms with Crippen LogP contribution in [0, 0.1) is 5.82 Å². The zero-order valence-corrected chi connectivity index (χ0v) is 11.4. The Labute approximate surface area is 117 Å². The molecule has 0 aliphatic heterocycles. The number of hydrogen-bond donors (Lipinski definition) is 1. The van der Waals surface area contributed by atoms with Crippen LogP contribution in [0.1, 0.15) is 22.8 Å². The van der Waals surface area contributed by atoms with Gasteiger partial charge in [0.25, 0.3) is 0 Å². The first-order valence-corrected chi connectivity index (χ1v) is 6.39. The van der Waals surface area contributed by atoms with E-state index in [1.807, 2.05) is 24.3 Å². The summed E-state index contributed by atoms with van der Waals surface area (Å²) in [6.45, 7) is 2.06. The summed E-state index contributed by atoms with van der Waals surface area (Å²) in [4.78, 5) is 12.9. The summed E-state index contributed by atoms with van der Waals surface area (Å²) in [7, 11) is 1.72. The van der Waals surface area contributed by atoms with Gasteiger partial charge in [0, 0.05) is 12.7 Å². The van der Waals surface area contributed by atoms with Crippen LogP contribution in [-0.2, 0) is 6.42 Å². The Kier molecular flexibility index (Phi) is 4.03. The van der Waals surface area contributed by atoms with Crippen molar-refractivity contribution in [2.24, 2.45) is 0 Å². The van der Waals surface area contributed by atoms with E-state index in [0.29, 0.717) is 5.69 Å². The number of hydrogen-bond acceptors (Lipinski definition) is 2. The van der Waals surface area contributed by atoms with Gasteiger partial charge >= 0.3 is 5.97 Å². The SMILES string of the molecule is CCc1ccc(N(C)c2cccc(F)c2C(=O)O)cc1. The van der Waals surface area contributed by atoms with Crippen LogP contribution in [0.4, 0.5) is 15.8 Å². The molecule has 0 atom stereocenters. The molecule has 0 spiro atoms. The van der Waals surface area contributed by atoms with Gasteiger partial charge in [-0.3, -0.25) is 0 Å². The molecule has 0 radical (unpaired) electrons. The molecule has 20 heavy (non-hydrogen) atoms. The molecule has 104 valence electrons. The first-order valence-electron chi connectivity index (χ1n) is 6.39. The third-order valence-corrected chi connectivity index (χ3v) is 3.30. The Bertz CT molecular complexity index is 623. The fraction of sp³-hybridized carbons (Fsp3) is 0.188. The van der Waals surface area contributed by atoms with Gasteiger partial charge in [-0.05, 0) is 36.2 Å². The van der Waals surface area contributed by atoms with Gasteiger partial charge in [-0.15, -0.1) is 0 Å². The molecule has 0 aliphatic carbocycles. The van der Waals surface area contributed by atoms with E-state index in [9.17, 15) is 9.18 Å². The molecule has 0 saturated carbocycles. The smallest absolute Gasteiger partial charge is 0.340 e. The monoisotopic (exact) mass is 273 g/mol. The zero-order valence-electron chi connectivity index (χ0n) is 11.4. The van der Waals surface area contributed by atoms with E-state index in [4.69, 9.17) is 5.11 Å². The van der Waals surface area contributed by atoms with Gasteiger partial charge in [0.15, 0.2) is 0 Å². The van der Waals surface area contributed by atoms with Crippen LogP contribution in [0.15, 0.2) is 42.5 Å². The number of aryl methyl sites for hydroxylation is 1. The quantitative estimate of drug-likeness (QED) is 0.919. The molecule has 2 rings (SSSR count). The van der Waals surface area contributed by atoms with Crippen LogP contribution >= 0.6 is 0 Å². The maximum atomic E-state index is 13.7. The van der Waals surface area contributed by atoms with Crippen LogP contribution in [0.25, 0.3) is 0 Å². The molecule has 0 heterocycles. The summed E-state index contributed by atoms with van der Waals surface area (Å²) in [5, 5.41) is 9.16. The highest BCUT2D eigenvalue weighted by atomic mass is 19.1. The number of aromatic carboxylic acids is 1. The minimum absolute atomic E-state index is 0.311. The summed E-state index contributed by atoms with van der Waals surface area (Å²) >= 11 is 0. The molecule has 2 aromatic rings. The van der Waals surface area contributed by atoms with Crippen molar-refractivity contribution in [3.63, 3.8) is 0 Å². The molecule has 0 bridgehead atoms. The molecule has 0 saturated heterocycles. The average molecular weight is 273 g/mol. The number of rotatable bonds is 4. The zero-order chi connectivity index (χ0) is 14.7. The third-order valence-electron chi connectivity index (χ3n) is 3.30. The van der Waals surface area contributed by atoms with Crippen molar-refractivity contribution < 1.29 is 14.3 Å².